The molecule has 29 heavy (non-hydrogen) atoms. The molecule has 0 aliphatic carbocycles. The van der Waals surface area contributed by atoms with Crippen molar-refractivity contribution in [3.63, 3.8) is 0 Å². The molecule has 0 unspecified atom stereocenters. The molecule has 1 N–H and O–H groups in total. The monoisotopic (exact) mass is 447 g/mol. The summed E-state index contributed by atoms with van der Waals surface area (Å²) in [5.41, 5.74) is 1.05. The van der Waals surface area contributed by atoms with Crippen molar-refractivity contribution in [1.82, 2.24) is 15.2 Å². The van der Waals surface area contributed by atoms with Crippen molar-refractivity contribution in [2.45, 2.75) is 19.3 Å². The molecule has 0 saturated carbocycles. The minimum Gasteiger partial charge on any atom is -0.355 e. The van der Waals surface area contributed by atoms with Crippen molar-refractivity contribution < 1.29 is 4.79 Å². The number of hydrogen-bond donors (Lipinski definition) is 1. The van der Waals surface area contributed by atoms with Crippen LogP contribution in [0.2, 0.25) is 10.2 Å². The molecule has 0 spiro atoms. The second-order valence-electron chi connectivity index (χ2n) is 6.86. The van der Waals surface area contributed by atoms with E-state index in [0.717, 1.165) is 47.2 Å². The van der Waals surface area contributed by atoms with Crippen LogP contribution in [-0.4, -0.2) is 34.2 Å². The van der Waals surface area contributed by atoms with E-state index < -0.39 is 0 Å². The lowest BCUT2D eigenvalue weighted by atomic mass is 9.96. The number of carbonyl (C=O) groups is 1. The number of anilines is 2. The van der Waals surface area contributed by atoms with Crippen LogP contribution in [0.5, 0.6) is 0 Å². The zero-order chi connectivity index (χ0) is 20.2. The standard InChI is InChI=1S/C20H19Cl2N5OS/c21-16-4-2-1-3-14(16)11-15-12-23-20(29-15)24-19(28)13-7-9-27(10-8-13)18-6-5-17(22)25-26-18/h1-6,12-13H,7-11H2,(H,23,24,28). The van der Waals surface area contributed by atoms with Crippen LogP contribution in [-0.2, 0) is 11.2 Å². The Hall–Kier alpha value is -2.22. The molecule has 1 saturated heterocycles. The molecule has 0 radical (unpaired) electrons. The molecule has 0 atom stereocenters. The number of benzene rings is 1. The van der Waals surface area contributed by atoms with E-state index in [0.29, 0.717) is 16.7 Å². The number of aromatic nitrogens is 3. The van der Waals surface area contributed by atoms with E-state index in [1.54, 1.807) is 12.3 Å². The van der Waals surface area contributed by atoms with Crippen LogP contribution in [0.15, 0.2) is 42.6 Å². The first kappa shape index (κ1) is 20.1. The number of rotatable bonds is 5. The smallest absolute Gasteiger partial charge is 0.229 e. The van der Waals surface area contributed by atoms with Gasteiger partial charge in [-0.2, -0.15) is 0 Å². The maximum atomic E-state index is 12.6. The highest BCUT2D eigenvalue weighted by Crippen LogP contribution is 2.27. The molecule has 1 amide bonds. The van der Waals surface area contributed by atoms with Gasteiger partial charge in [0.25, 0.3) is 0 Å². The molecule has 6 nitrogen and oxygen atoms in total. The summed E-state index contributed by atoms with van der Waals surface area (Å²) in [5.74, 6) is 0.769. The summed E-state index contributed by atoms with van der Waals surface area (Å²) in [4.78, 5) is 20.2. The van der Waals surface area contributed by atoms with E-state index in [2.05, 4.69) is 25.4 Å². The Labute approximate surface area is 182 Å². The topological polar surface area (TPSA) is 71.0 Å². The van der Waals surface area contributed by atoms with Crippen molar-refractivity contribution in [1.29, 1.82) is 0 Å². The number of carbonyl (C=O) groups excluding carboxylic acids is 1. The van der Waals surface area contributed by atoms with Gasteiger partial charge in [0.2, 0.25) is 5.91 Å². The fraction of sp³-hybridized carbons (Fsp3) is 0.300. The molecule has 150 valence electrons. The summed E-state index contributed by atoms with van der Waals surface area (Å²) in [6.07, 6.45) is 4.02. The van der Waals surface area contributed by atoms with Gasteiger partial charge in [0.15, 0.2) is 16.1 Å². The van der Waals surface area contributed by atoms with Crippen molar-refractivity contribution in [3.05, 3.63) is 63.2 Å². The van der Waals surface area contributed by atoms with E-state index in [1.807, 2.05) is 30.3 Å². The van der Waals surface area contributed by atoms with Crippen molar-refractivity contribution in [2.24, 2.45) is 5.92 Å². The highest BCUT2D eigenvalue weighted by atomic mass is 35.5. The quantitative estimate of drug-likeness (QED) is 0.614. The molecular weight excluding hydrogens is 429 g/mol. The third-order valence-electron chi connectivity index (χ3n) is 4.91. The lowest BCUT2D eigenvalue weighted by Crippen LogP contribution is -2.38. The summed E-state index contributed by atoms with van der Waals surface area (Å²) in [5, 5.41) is 12.7. The SMILES string of the molecule is O=C(Nc1ncc(Cc2ccccc2Cl)s1)C1CCN(c2ccc(Cl)nn2)CC1. The minimum absolute atomic E-state index is 0.0190. The zero-order valence-corrected chi connectivity index (χ0v) is 17.8. The summed E-state index contributed by atoms with van der Waals surface area (Å²) < 4.78 is 0. The molecule has 1 aliphatic rings. The average molecular weight is 448 g/mol. The van der Waals surface area contributed by atoms with Crippen LogP contribution in [0.1, 0.15) is 23.3 Å². The van der Waals surface area contributed by atoms with Crippen LogP contribution < -0.4 is 10.2 Å². The summed E-state index contributed by atoms with van der Waals surface area (Å²) in [7, 11) is 0. The highest BCUT2D eigenvalue weighted by molar-refractivity contribution is 7.15. The molecule has 9 heteroatoms. The molecule has 3 heterocycles. The molecule has 3 aromatic rings. The molecule has 1 aliphatic heterocycles. The third kappa shape index (κ3) is 5.04. The van der Waals surface area contributed by atoms with Gasteiger partial charge in [-0.3, -0.25) is 4.79 Å². The molecule has 1 aromatic carbocycles. The number of amides is 1. The largest absolute Gasteiger partial charge is 0.355 e. The van der Waals surface area contributed by atoms with Gasteiger partial charge in [-0.1, -0.05) is 41.4 Å². The summed E-state index contributed by atoms with van der Waals surface area (Å²) >= 11 is 13.5. The van der Waals surface area contributed by atoms with Gasteiger partial charge in [-0.25, -0.2) is 4.98 Å². The Balaban J connectivity index is 1.31. The number of piperidine rings is 1. The first-order valence-corrected chi connectivity index (χ1v) is 10.9. The first-order valence-electron chi connectivity index (χ1n) is 9.31. The second kappa shape index (κ2) is 9.07. The van der Waals surface area contributed by atoms with Gasteiger partial charge in [0, 0.05) is 41.5 Å². The maximum absolute atomic E-state index is 12.6. The number of thiazole rings is 1. The highest BCUT2D eigenvalue weighted by Gasteiger charge is 2.26. The Morgan fingerprint density at radius 3 is 2.66 bits per heavy atom. The number of nitrogens with one attached hydrogen (secondary N) is 1. The van der Waals surface area contributed by atoms with Gasteiger partial charge in [0.1, 0.15) is 0 Å². The maximum Gasteiger partial charge on any atom is 0.229 e. The Morgan fingerprint density at radius 2 is 1.93 bits per heavy atom. The van der Waals surface area contributed by atoms with Gasteiger partial charge >= 0.3 is 0 Å². The normalized spacial score (nSPS) is 14.8. The fourth-order valence-corrected chi connectivity index (χ4v) is 4.47. The van der Waals surface area contributed by atoms with Crippen LogP contribution in [0.3, 0.4) is 0 Å². The van der Waals surface area contributed by atoms with Gasteiger partial charge in [0.05, 0.1) is 0 Å². The second-order valence-corrected chi connectivity index (χ2v) is 8.77. The van der Waals surface area contributed by atoms with E-state index in [-0.39, 0.29) is 11.8 Å². The van der Waals surface area contributed by atoms with E-state index in [9.17, 15) is 4.79 Å². The van der Waals surface area contributed by atoms with Crippen molar-refractivity contribution in [2.75, 3.05) is 23.3 Å². The first-order chi connectivity index (χ1) is 14.1. The van der Waals surface area contributed by atoms with E-state index in [4.69, 9.17) is 23.2 Å². The Kier molecular flexibility index (Phi) is 6.28. The molecule has 0 bridgehead atoms. The summed E-state index contributed by atoms with van der Waals surface area (Å²) in [6.45, 7) is 1.51. The predicted molar refractivity (Wildman–Crippen MR) is 117 cm³/mol. The van der Waals surface area contributed by atoms with Crippen molar-refractivity contribution in [3.8, 4) is 0 Å². The van der Waals surface area contributed by atoms with Crippen LogP contribution in [0.4, 0.5) is 10.9 Å². The predicted octanol–water partition coefficient (Wildman–Crippen LogP) is 4.69. The third-order valence-corrected chi connectivity index (χ3v) is 6.40. The minimum atomic E-state index is -0.0394. The molecule has 2 aromatic heterocycles. The van der Waals surface area contributed by atoms with E-state index >= 15 is 0 Å². The van der Waals surface area contributed by atoms with Crippen molar-refractivity contribution >= 4 is 51.4 Å². The number of nitrogens with zero attached hydrogens (tertiary/aromatic N) is 4. The molecular formula is C20H19Cl2N5OS. The number of hydrogen-bond acceptors (Lipinski definition) is 6. The fourth-order valence-electron chi connectivity index (χ4n) is 3.33. The summed E-state index contributed by atoms with van der Waals surface area (Å²) in [6, 6.07) is 11.3. The van der Waals surface area contributed by atoms with Crippen LogP contribution in [0, 0.1) is 5.92 Å². The molecule has 1 fully saturated rings. The lowest BCUT2D eigenvalue weighted by molar-refractivity contribution is -0.120. The van der Waals surface area contributed by atoms with Gasteiger partial charge < -0.3 is 10.2 Å². The van der Waals surface area contributed by atoms with Gasteiger partial charge in [-0.05, 0) is 36.6 Å². The van der Waals surface area contributed by atoms with Crippen LogP contribution in [0.25, 0.3) is 0 Å². The average Bonchev–Trinajstić information content (AvgIpc) is 3.17. The molecule has 4 rings (SSSR count). The lowest BCUT2D eigenvalue weighted by Gasteiger charge is -2.31. The Bertz CT molecular complexity index is 987. The van der Waals surface area contributed by atoms with Crippen LogP contribution >= 0.6 is 34.5 Å². The Morgan fingerprint density at radius 1 is 1.14 bits per heavy atom. The van der Waals surface area contributed by atoms with Gasteiger partial charge in [-0.15, -0.1) is 21.5 Å². The van der Waals surface area contributed by atoms with E-state index in [1.165, 1.54) is 11.3 Å². The zero-order valence-electron chi connectivity index (χ0n) is 15.5. The number of halogens is 2.